The number of aliphatic carboxylic acids is 1. The van der Waals surface area contributed by atoms with Gasteiger partial charge in [-0.3, -0.25) is 14.4 Å². The highest BCUT2D eigenvalue weighted by atomic mass is 32.2. The Balaban J connectivity index is 1.70. The van der Waals surface area contributed by atoms with Crippen molar-refractivity contribution in [1.82, 2.24) is 9.80 Å². The van der Waals surface area contributed by atoms with Gasteiger partial charge in [0.25, 0.3) is 0 Å². The van der Waals surface area contributed by atoms with Crippen LogP contribution in [-0.4, -0.2) is 65.1 Å². The number of carbonyl (C=O) groups excluding carboxylic acids is 2. The lowest BCUT2D eigenvalue weighted by Gasteiger charge is -2.31. The van der Waals surface area contributed by atoms with Crippen molar-refractivity contribution in [1.29, 1.82) is 0 Å². The third-order valence-electron chi connectivity index (χ3n) is 4.39. The molecular formula is C18H23FN2O4S. The van der Waals surface area contributed by atoms with Gasteiger partial charge in [-0.2, -0.15) is 0 Å². The van der Waals surface area contributed by atoms with E-state index in [-0.39, 0.29) is 36.5 Å². The van der Waals surface area contributed by atoms with Gasteiger partial charge >= 0.3 is 5.97 Å². The summed E-state index contributed by atoms with van der Waals surface area (Å²) in [5, 5.41) is 8.98. The van der Waals surface area contributed by atoms with Gasteiger partial charge in [0.1, 0.15) is 5.82 Å². The molecule has 0 aliphatic carbocycles. The number of hydrogen-bond donors (Lipinski definition) is 1. The van der Waals surface area contributed by atoms with Crippen LogP contribution in [0.25, 0.3) is 0 Å². The van der Waals surface area contributed by atoms with Crippen LogP contribution in [-0.2, 0) is 14.4 Å². The van der Waals surface area contributed by atoms with E-state index in [4.69, 9.17) is 5.11 Å². The number of carboxylic acid groups (broad SMARTS) is 1. The van der Waals surface area contributed by atoms with Crippen LogP contribution < -0.4 is 0 Å². The first-order chi connectivity index (χ1) is 12.4. The molecule has 1 aromatic rings. The fraction of sp³-hybridized carbons (Fsp3) is 0.500. The minimum absolute atomic E-state index is 0.00220. The average molecular weight is 382 g/mol. The summed E-state index contributed by atoms with van der Waals surface area (Å²) in [6, 6.07) is 6.09. The third kappa shape index (κ3) is 6.01. The Labute approximate surface area is 156 Å². The fourth-order valence-electron chi connectivity index (χ4n) is 2.74. The smallest absolute Gasteiger partial charge is 0.306 e. The van der Waals surface area contributed by atoms with E-state index in [1.54, 1.807) is 24.1 Å². The van der Waals surface area contributed by atoms with E-state index in [1.165, 1.54) is 28.8 Å². The fourth-order valence-corrected chi connectivity index (χ4v) is 3.59. The van der Waals surface area contributed by atoms with Gasteiger partial charge < -0.3 is 14.9 Å². The second-order valence-corrected chi connectivity index (χ2v) is 7.46. The Kier molecular flexibility index (Phi) is 7.44. The first-order valence-corrected chi connectivity index (χ1v) is 9.48. The number of amides is 2. The summed E-state index contributed by atoms with van der Waals surface area (Å²) in [5.74, 6) is -1.24. The molecule has 8 heteroatoms. The van der Waals surface area contributed by atoms with E-state index in [0.29, 0.717) is 31.7 Å². The second-order valence-electron chi connectivity index (χ2n) is 6.30. The molecule has 0 aromatic heterocycles. The van der Waals surface area contributed by atoms with Crippen LogP contribution in [0.5, 0.6) is 0 Å². The van der Waals surface area contributed by atoms with Gasteiger partial charge in [-0.25, -0.2) is 4.39 Å². The minimum Gasteiger partial charge on any atom is -0.481 e. The number of rotatable bonds is 7. The maximum absolute atomic E-state index is 12.8. The largest absolute Gasteiger partial charge is 0.481 e. The monoisotopic (exact) mass is 382 g/mol. The normalized spacial score (nSPS) is 14.9. The van der Waals surface area contributed by atoms with Gasteiger partial charge in [-0.05, 0) is 37.1 Å². The second kappa shape index (κ2) is 9.56. The van der Waals surface area contributed by atoms with Crippen LogP contribution in [0.2, 0.25) is 0 Å². The van der Waals surface area contributed by atoms with Gasteiger partial charge in [0.15, 0.2) is 0 Å². The number of carbonyl (C=O) groups is 3. The van der Waals surface area contributed by atoms with Gasteiger partial charge in [-0.1, -0.05) is 0 Å². The van der Waals surface area contributed by atoms with Crippen LogP contribution >= 0.6 is 11.8 Å². The quantitative estimate of drug-likeness (QED) is 0.731. The molecule has 0 spiro atoms. The Morgan fingerprint density at radius 2 is 1.85 bits per heavy atom. The zero-order valence-electron chi connectivity index (χ0n) is 14.7. The number of piperidine rings is 1. The number of benzene rings is 1. The highest BCUT2D eigenvalue weighted by molar-refractivity contribution is 7.99. The summed E-state index contributed by atoms with van der Waals surface area (Å²) in [5.41, 5.74) is 0. The summed E-state index contributed by atoms with van der Waals surface area (Å²) in [4.78, 5) is 39.3. The van der Waals surface area contributed by atoms with Gasteiger partial charge in [0.05, 0.1) is 12.5 Å². The molecule has 0 radical (unpaired) electrons. The van der Waals surface area contributed by atoms with Crippen molar-refractivity contribution in [3.05, 3.63) is 30.1 Å². The van der Waals surface area contributed by atoms with Crippen LogP contribution in [0.3, 0.4) is 0 Å². The highest BCUT2D eigenvalue weighted by Gasteiger charge is 2.27. The maximum Gasteiger partial charge on any atom is 0.306 e. The Morgan fingerprint density at radius 1 is 1.23 bits per heavy atom. The molecule has 1 N–H and O–H groups in total. The van der Waals surface area contributed by atoms with E-state index in [1.807, 2.05) is 0 Å². The molecule has 1 saturated heterocycles. The predicted molar refractivity (Wildman–Crippen MR) is 96.3 cm³/mol. The van der Waals surface area contributed by atoms with Crippen molar-refractivity contribution >= 4 is 29.5 Å². The number of nitrogens with zero attached hydrogens (tertiary/aromatic N) is 2. The number of carboxylic acids is 1. The zero-order valence-corrected chi connectivity index (χ0v) is 15.5. The lowest BCUT2D eigenvalue weighted by Crippen LogP contribution is -2.45. The molecule has 6 nitrogen and oxygen atoms in total. The van der Waals surface area contributed by atoms with Gasteiger partial charge in [0, 0.05) is 37.2 Å². The molecule has 142 valence electrons. The maximum atomic E-state index is 12.8. The number of likely N-dealkylation sites (tertiary alicyclic amines) is 1. The molecule has 2 amide bonds. The summed E-state index contributed by atoms with van der Waals surface area (Å²) < 4.78 is 12.8. The third-order valence-corrected chi connectivity index (χ3v) is 5.41. The molecule has 0 bridgehead atoms. The van der Waals surface area contributed by atoms with Crippen molar-refractivity contribution in [2.45, 2.75) is 24.2 Å². The lowest BCUT2D eigenvalue weighted by molar-refractivity contribution is -0.146. The topological polar surface area (TPSA) is 77.9 Å². The standard InChI is InChI=1S/C18H23FN2O4S/c1-20(12-17(23)21-9-6-13(7-10-21)18(24)25)16(22)8-11-26-15-4-2-14(19)3-5-15/h2-5,13H,6-12H2,1H3,(H,24,25). The molecule has 1 fully saturated rings. The van der Waals surface area contributed by atoms with E-state index in [2.05, 4.69) is 0 Å². The van der Waals surface area contributed by atoms with Crippen LogP contribution in [0.15, 0.2) is 29.2 Å². The van der Waals surface area contributed by atoms with E-state index < -0.39 is 5.97 Å². The number of likely N-dealkylation sites (N-methyl/N-ethyl adjacent to an activating group) is 1. The molecule has 26 heavy (non-hydrogen) atoms. The van der Waals surface area contributed by atoms with Crippen molar-refractivity contribution in [2.75, 3.05) is 32.4 Å². The number of hydrogen-bond acceptors (Lipinski definition) is 4. The molecule has 1 heterocycles. The Hall–Kier alpha value is -2.09. The van der Waals surface area contributed by atoms with Gasteiger partial charge in [0.2, 0.25) is 11.8 Å². The molecule has 2 rings (SSSR count). The van der Waals surface area contributed by atoms with Crippen molar-refractivity contribution < 1.29 is 23.9 Å². The number of halogens is 1. The highest BCUT2D eigenvalue weighted by Crippen LogP contribution is 2.20. The van der Waals surface area contributed by atoms with E-state index >= 15 is 0 Å². The molecule has 0 saturated carbocycles. The average Bonchev–Trinajstić information content (AvgIpc) is 2.63. The Morgan fingerprint density at radius 3 is 2.42 bits per heavy atom. The Bertz CT molecular complexity index is 645. The molecule has 0 atom stereocenters. The summed E-state index contributed by atoms with van der Waals surface area (Å²) in [6.45, 7) is 0.828. The molecule has 1 aliphatic heterocycles. The van der Waals surface area contributed by atoms with E-state index in [0.717, 1.165) is 4.90 Å². The minimum atomic E-state index is -0.817. The summed E-state index contributed by atoms with van der Waals surface area (Å²) in [6.07, 6.45) is 1.19. The van der Waals surface area contributed by atoms with Crippen molar-refractivity contribution in [3.63, 3.8) is 0 Å². The lowest BCUT2D eigenvalue weighted by atomic mass is 9.97. The van der Waals surface area contributed by atoms with Crippen LogP contribution in [0.4, 0.5) is 4.39 Å². The SMILES string of the molecule is CN(CC(=O)N1CCC(C(=O)O)CC1)C(=O)CCSc1ccc(F)cc1. The van der Waals surface area contributed by atoms with Crippen molar-refractivity contribution in [3.8, 4) is 0 Å². The molecule has 1 aromatic carbocycles. The number of thioether (sulfide) groups is 1. The van der Waals surface area contributed by atoms with E-state index in [9.17, 15) is 18.8 Å². The van der Waals surface area contributed by atoms with Crippen molar-refractivity contribution in [2.24, 2.45) is 5.92 Å². The molecule has 0 unspecified atom stereocenters. The van der Waals surface area contributed by atoms with Gasteiger partial charge in [-0.15, -0.1) is 11.8 Å². The molecular weight excluding hydrogens is 359 g/mol. The first kappa shape index (κ1) is 20.2. The van der Waals surface area contributed by atoms with Crippen LogP contribution in [0.1, 0.15) is 19.3 Å². The predicted octanol–water partition coefficient (Wildman–Crippen LogP) is 2.09. The summed E-state index contributed by atoms with van der Waals surface area (Å²) >= 11 is 1.46. The summed E-state index contributed by atoms with van der Waals surface area (Å²) in [7, 11) is 1.59. The van der Waals surface area contributed by atoms with Crippen LogP contribution in [0, 0.1) is 11.7 Å². The zero-order chi connectivity index (χ0) is 19.1. The molecule has 1 aliphatic rings. The first-order valence-electron chi connectivity index (χ1n) is 8.49.